The fourth-order valence-electron chi connectivity index (χ4n) is 3.80. The third kappa shape index (κ3) is 2.10. The van der Waals surface area contributed by atoms with Crippen LogP contribution in [-0.4, -0.2) is 58.2 Å². The predicted molar refractivity (Wildman–Crippen MR) is 81.0 cm³/mol. The summed E-state index contributed by atoms with van der Waals surface area (Å²) in [6.45, 7) is 1.08. The van der Waals surface area contributed by atoms with E-state index in [0.717, 1.165) is 6.07 Å². The molecule has 8 heteroatoms. The van der Waals surface area contributed by atoms with Gasteiger partial charge in [-0.25, -0.2) is 9.37 Å². The summed E-state index contributed by atoms with van der Waals surface area (Å²) in [5.41, 5.74) is -0.0131. The van der Waals surface area contributed by atoms with Crippen molar-refractivity contribution in [2.45, 2.75) is 6.42 Å². The van der Waals surface area contributed by atoms with Crippen molar-refractivity contribution in [2.75, 3.05) is 26.3 Å². The molecule has 4 rings (SSSR count). The quantitative estimate of drug-likeness (QED) is 0.863. The number of carboxylic acid groups (broad SMARTS) is 1. The molecule has 0 aliphatic carbocycles. The highest BCUT2D eigenvalue weighted by molar-refractivity contribution is 6.05. The van der Waals surface area contributed by atoms with Gasteiger partial charge >= 0.3 is 5.97 Å². The third-order valence-corrected chi connectivity index (χ3v) is 5.14. The van der Waals surface area contributed by atoms with Crippen molar-refractivity contribution in [3.8, 4) is 0 Å². The van der Waals surface area contributed by atoms with E-state index >= 15 is 0 Å². The van der Waals surface area contributed by atoms with Crippen molar-refractivity contribution >= 4 is 22.9 Å². The number of rotatable bonds is 2. The van der Waals surface area contributed by atoms with Gasteiger partial charge in [0.05, 0.1) is 29.4 Å². The lowest BCUT2D eigenvalue weighted by Crippen LogP contribution is -2.45. The first kappa shape index (κ1) is 15.1. The second kappa shape index (κ2) is 5.27. The van der Waals surface area contributed by atoms with Crippen LogP contribution in [0.4, 0.5) is 4.39 Å². The molecule has 2 saturated heterocycles. The van der Waals surface area contributed by atoms with Crippen LogP contribution in [-0.2, 0) is 9.53 Å². The number of imidazole rings is 1. The zero-order valence-electron chi connectivity index (χ0n) is 12.8. The number of aromatic amines is 1. The van der Waals surface area contributed by atoms with Crippen LogP contribution in [0.1, 0.15) is 16.8 Å². The van der Waals surface area contributed by atoms with E-state index in [1.54, 1.807) is 0 Å². The molecule has 1 aromatic heterocycles. The molecule has 2 aliphatic rings. The molecule has 2 aromatic rings. The molecule has 24 heavy (non-hydrogen) atoms. The molecule has 126 valence electrons. The maximum atomic E-state index is 13.8. The Morgan fingerprint density at radius 1 is 1.46 bits per heavy atom. The summed E-state index contributed by atoms with van der Waals surface area (Å²) in [6, 6.07) is 2.42. The highest BCUT2D eigenvalue weighted by Crippen LogP contribution is 2.43. The number of carbonyl (C=O) groups excluding carboxylic acids is 1. The first-order valence-corrected chi connectivity index (χ1v) is 7.74. The minimum absolute atomic E-state index is 0.109. The summed E-state index contributed by atoms with van der Waals surface area (Å²) in [7, 11) is 0. The van der Waals surface area contributed by atoms with Gasteiger partial charge in [0, 0.05) is 25.6 Å². The van der Waals surface area contributed by atoms with Crippen LogP contribution in [0.3, 0.4) is 0 Å². The van der Waals surface area contributed by atoms with Gasteiger partial charge in [0.1, 0.15) is 11.3 Å². The van der Waals surface area contributed by atoms with Crippen LogP contribution in [0, 0.1) is 17.2 Å². The lowest BCUT2D eigenvalue weighted by molar-refractivity contribution is -0.157. The highest BCUT2D eigenvalue weighted by atomic mass is 19.1. The van der Waals surface area contributed by atoms with Crippen LogP contribution in [0.15, 0.2) is 18.5 Å². The molecule has 1 aromatic carbocycles. The van der Waals surface area contributed by atoms with Crippen molar-refractivity contribution in [3.63, 3.8) is 0 Å². The van der Waals surface area contributed by atoms with E-state index < -0.39 is 23.1 Å². The number of amides is 1. The van der Waals surface area contributed by atoms with E-state index in [1.807, 2.05) is 0 Å². The summed E-state index contributed by atoms with van der Waals surface area (Å²) in [5, 5.41) is 9.68. The largest absolute Gasteiger partial charge is 0.481 e. The topological polar surface area (TPSA) is 95.5 Å². The van der Waals surface area contributed by atoms with E-state index in [9.17, 15) is 19.1 Å². The van der Waals surface area contributed by atoms with Crippen molar-refractivity contribution in [2.24, 2.45) is 11.3 Å². The molecular weight excluding hydrogens is 317 g/mol. The number of carbonyl (C=O) groups is 2. The maximum Gasteiger partial charge on any atom is 0.311 e. The van der Waals surface area contributed by atoms with Crippen LogP contribution in [0.5, 0.6) is 0 Å². The molecule has 1 amide bonds. The number of halogens is 1. The molecule has 2 aliphatic heterocycles. The minimum Gasteiger partial charge on any atom is -0.481 e. The number of ether oxygens (including phenoxy) is 1. The van der Waals surface area contributed by atoms with Gasteiger partial charge in [-0.15, -0.1) is 0 Å². The van der Waals surface area contributed by atoms with Crippen molar-refractivity contribution in [1.82, 2.24) is 14.9 Å². The average Bonchev–Trinajstić information content (AvgIpc) is 3.17. The van der Waals surface area contributed by atoms with E-state index in [1.165, 1.54) is 17.3 Å². The first-order valence-electron chi connectivity index (χ1n) is 7.74. The van der Waals surface area contributed by atoms with Gasteiger partial charge in [-0.3, -0.25) is 9.59 Å². The third-order valence-electron chi connectivity index (χ3n) is 5.14. The number of nitrogens with one attached hydrogen (secondary N) is 1. The zero-order chi connectivity index (χ0) is 16.9. The van der Waals surface area contributed by atoms with Gasteiger partial charge in [-0.1, -0.05) is 0 Å². The van der Waals surface area contributed by atoms with Gasteiger partial charge in [0.15, 0.2) is 0 Å². The Hall–Kier alpha value is -2.48. The number of hydrogen-bond donors (Lipinski definition) is 2. The van der Waals surface area contributed by atoms with E-state index in [4.69, 9.17) is 4.74 Å². The Labute approximate surface area is 136 Å². The summed E-state index contributed by atoms with van der Waals surface area (Å²) >= 11 is 0. The fourth-order valence-corrected chi connectivity index (χ4v) is 3.80. The van der Waals surface area contributed by atoms with Gasteiger partial charge in [-0.05, 0) is 18.6 Å². The van der Waals surface area contributed by atoms with Gasteiger partial charge in [-0.2, -0.15) is 0 Å². The highest BCUT2D eigenvalue weighted by Gasteiger charge is 2.55. The number of fused-ring (bicyclic) bond motifs is 2. The molecular formula is C16H16FN3O4. The zero-order valence-corrected chi connectivity index (χ0v) is 12.8. The van der Waals surface area contributed by atoms with Crippen molar-refractivity contribution < 1.29 is 23.8 Å². The van der Waals surface area contributed by atoms with Crippen molar-refractivity contribution in [3.05, 3.63) is 29.8 Å². The molecule has 0 spiro atoms. The van der Waals surface area contributed by atoms with Crippen LogP contribution < -0.4 is 0 Å². The van der Waals surface area contributed by atoms with Gasteiger partial charge in [0.2, 0.25) is 0 Å². The van der Waals surface area contributed by atoms with Gasteiger partial charge < -0.3 is 19.7 Å². The number of benzene rings is 1. The summed E-state index contributed by atoms with van der Waals surface area (Å²) in [5.74, 6) is -2.10. The molecule has 2 N–H and O–H groups in total. The molecule has 2 fully saturated rings. The summed E-state index contributed by atoms with van der Waals surface area (Å²) in [4.78, 5) is 33.1. The lowest BCUT2D eigenvalue weighted by Gasteiger charge is -2.33. The Morgan fingerprint density at radius 2 is 2.29 bits per heavy atom. The SMILES string of the molecule is O=C(c1cc(F)cc2[nH]cnc12)N1C[C@H]2COCC[C@@]2(C(=O)O)C1. The summed E-state index contributed by atoms with van der Waals surface area (Å²) < 4.78 is 19.2. The smallest absolute Gasteiger partial charge is 0.311 e. The number of carboxylic acids is 1. The van der Waals surface area contributed by atoms with E-state index in [-0.39, 0.29) is 24.6 Å². The summed E-state index contributed by atoms with van der Waals surface area (Å²) in [6.07, 6.45) is 1.77. The van der Waals surface area contributed by atoms with Crippen LogP contribution in [0.2, 0.25) is 0 Å². The standard InChI is InChI=1S/C16H16FN3O4/c17-10-3-11(13-12(4-10)18-8-19-13)14(21)20-5-9-6-24-2-1-16(9,7-20)15(22)23/h3-4,8-9H,1-2,5-7H2,(H,18,19)(H,22,23)/t9-,16+/m0/s1. The molecule has 0 bridgehead atoms. The fraction of sp³-hybridized carbons (Fsp3) is 0.438. The molecule has 2 atom stereocenters. The van der Waals surface area contributed by atoms with Crippen LogP contribution in [0.25, 0.3) is 11.0 Å². The number of likely N-dealkylation sites (tertiary alicyclic amines) is 1. The molecule has 7 nitrogen and oxygen atoms in total. The Morgan fingerprint density at radius 3 is 3.04 bits per heavy atom. The second-order valence-electron chi connectivity index (χ2n) is 6.42. The molecule has 0 radical (unpaired) electrons. The second-order valence-corrected chi connectivity index (χ2v) is 6.42. The molecule has 0 saturated carbocycles. The Bertz CT molecular complexity index is 836. The van der Waals surface area contributed by atoms with E-state index in [2.05, 4.69) is 9.97 Å². The number of aliphatic carboxylic acids is 1. The first-order chi connectivity index (χ1) is 11.5. The van der Waals surface area contributed by atoms with E-state index in [0.29, 0.717) is 30.7 Å². The molecule has 3 heterocycles. The molecule has 0 unspecified atom stereocenters. The monoisotopic (exact) mass is 333 g/mol. The minimum atomic E-state index is -0.980. The van der Waals surface area contributed by atoms with Gasteiger partial charge in [0.25, 0.3) is 5.91 Å². The average molecular weight is 333 g/mol. The number of nitrogens with zero attached hydrogens (tertiary/aromatic N) is 2. The lowest BCUT2D eigenvalue weighted by atomic mass is 9.74. The maximum absolute atomic E-state index is 13.8. The number of hydrogen-bond acceptors (Lipinski definition) is 4. The normalized spacial score (nSPS) is 26.5. The van der Waals surface area contributed by atoms with Crippen molar-refractivity contribution in [1.29, 1.82) is 0 Å². The Kier molecular flexibility index (Phi) is 3.31. The number of H-pyrrole nitrogens is 1. The number of aromatic nitrogens is 2. The van der Waals surface area contributed by atoms with Crippen LogP contribution >= 0.6 is 0 Å². The predicted octanol–water partition coefficient (Wildman–Crippen LogP) is 1.27. The Balaban J connectivity index is 1.70.